The molecule has 7 heteroatoms. The summed E-state index contributed by atoms with van der Waals surface area (Å²) in [5.74, 6) is 0.248. The lowest BCUT2D eigenvalue weighted by Gasteiger charge is -2.26. The minimum Gasteiger partial charge on any atom is -0.489 e. The summed E-state index contributed by atoms with van der Waals surface area (Å²) in [6.45, 7) is 0.147. The normalized spacial score (nSPS) is 20.4. The molecule has 1 aromatic heterocycles. The maximum atomic E-state index is 13.3. The number of benzene rings is 2. The number of rotatable bonds is 3. The second-order valence-electron chi connectivity index (χ2n) is 8.12. The number of fused-ring (bicyclic) bond motifs is 2. The zero-order valence-electron chi connectivity index (χ0n) is 17.3. The lowest BCUT2D eigenvalue weighted by molar-refractivity contribution is -0.122. The average Bonchev–Trinajstić information content (AvgIpc) is 3.13. The molecule has 0 bridgehead atoms. The van der Waals surface area contributed by atoms with Crippen LogP contribution in [0.25, 0.3) is 0 Å². The molecule has 0 radical (unpaired) electrons. The molecule has 2 heterocycles. The van der Waals surface area contributed by atoms with Crippen LogP contribution in [0.5, 0.6) is 5.75 Å². The van der Waals surface area contributed by atoms with E-state index in [1.807, 2.05) is 42.5 Å². The Bertz CT molecular complexity index is 1150. The third-order valence-corrected chi connectivity index (χ3v) is 6.34. The zero-order chi connectivity index (χ0) is 21.5. The lowest BCUT2D eigenvalue weighted by atomic mass is 9.82. The Balaban J connectivity index is 1.53. The molecule has 2 amide bonds. The second-order valence-corrected chi connectivity index (χ2v) is 8.12. The Labute approximate surface area is 180 Å². The van der Waals surface area contributed by atoms with Gasteiger partial charge in [-0.3, -0.25) is 14.3 Å². The van der Waals surface area contributed by atoms with E-state index in [2.05, 4.69) is 17.2 Å². The highest BCUT2D eigenvalue weighted by molar-refractivity contribution is 5.98. The molecular weight excluding hydrogens is 392 g/mol. The fraction of sp³-hybridized carbons (Fsp3) is 0.292. The van der Waals surface area contributed by atoms with Gasteiger partial charge in [-0.05, 0) is 42.9 Å². The van der Waals surface area contributed by atoms with E-state index in [1.54, 1.807) is 16.6 Å². The van der Waals surface area contributed by atoms with E-state index in [0.717, 1.165) is 29.8 Å². The number of hydrogen-bond acceptors (Lipinski definition) is 4. The van der Waals surface area contributed by atoms with Gasteiger partial charge >= 0.3 is 0 Å². The van der Waals surface area contributed by atoms with Gasteiger partial charge in [0.05, 0.1) is 5.69 Å². The zero-order valence-corrected chi connectivity index (χ0v) is 17.3. The van der Waals surface area contributed by atoms with Crippen LogP contribution >= 0.6 is 0 Å². The molecule has 0 fully saturated rings. The van der Waals surface area contributed by atoms with E-state index >= 15 is 0 Å². The van der Waals surface area contributed by atoms with Crippen molar-refractivity contribution >= 4 is 17.5 Å². The summed E-state index contributed by atoms with van der Waals surface area (Å²) in [5, 5.41) is 4.55. The number of carbonyl (C=O) groups is 2. The summed E-state index contributed by atoms with van der Waals surface area (Å²) in [6.07, 6.45) is 2.31. The predicted molar refractivity (Wildman–Crippen MR) is 116 cm³/mol. The summed E-state index contributed by atoms with van der Waals surface area (Å²) >= 11 is 0. The molecule has 0 saturated carbocycles. The van der Waals surface area contributed by atoms with Crippen LogP contribution in [-0.4, -0.2) is 35.2 Å². The largest absolute Gasteiger partial charge is 0.489 e. The fourth-order valence-corrected chi connectivity index (χ4v) is 4.72. The summed E-state index contributed by atoms with van der Waals surface area (Å²) < 4.78 is 7.65. The number of ether oxygens (including phenoxy) is 1. The highest BCUT2D eigenvalue weighted by Gasteiger charge is 2.36. The molecule has 2 aliphatic rings. The summed E-state index contributed by atoms with van der Waals surface area (Å²) in [5.41, 5.74) is 9.65. The first-order valence-electron chi connectivity index (χ1n) is 10.5. The number of aromatic nitrogens is 2. The predicted octanol–water partition coefficient (Wildman–Crippen LogP) is 2.85. The van der Waals surface area contributed by atoms with Crippen LogP contribution in [0.3, 0.4) is 0 Å². The van der Waals surface area contributed by atoms with Crippen LogP contribution in [-0.2, 0) is 17.6 Å². The van der Waals surface area contributed by atoms with Crippen LogP contribution in [0.2, 0.25) is 0 Å². The molecule has 0 spiro atoms. The number of amides is 2. The van der Waals surface area contributed by atoms with Crippen molar-refractivity contribution in [2.24, 2.45) is 5.73 Å². The van der Waals surface area contributed by atoms with Gasteiger partial charge in [0.2, 0.25) is 0 Å². The molecule has 7 nitrogen and oxygen atoms in total. The van der Waals surface area contributed by atoms with Gasteiger partial charge in [-0.25, -0.2) is 0 Å². The van der Waals surface area contributed by atoms with Gasteiger partial charge in [0, 0.05) is 18.3 Å². The Kier molecular flexibility index (Phi) is 4.73. The van der Waals surface area contributed by atoms with Gasteiger partial charge in [-0.1, -0.05) is 42.5 Å². The van der Waals surface area contributed by atoms with Crippen LogP contribution in [0.4, 0.5) is 5.69 Å². The maximum absolute atomic E-state index is 13.3. The monoisotopic (exact) mass is 416 g/mol. The molecule has 1 aliphatic carbocycles. The number of para-hydroxylation sites is 2. The quantitative estimate of drug-likeness (QED) is 0.711. The maximum Gasteiger partial charge on any atom is 0.269 e. The van der Waals surface area contributed by atoms with Crippen molar-refractivity contribution in [1.29, 1.82) is 0 Å². The first kappa shape index (κ1) is 19.4. The summed E-state index contributed by atoms with van der Waals surface area (Å²) in [4.78, 5) is 27.2. The summed E-state index contributed by atoms with van der Waals surface area (Å²) in [7, 11) is 1.74. The second kappa shape index (κ2) is 7.58. The molecule has 1 unspecified atom stereocenters. The highest BCUT2D eigenvalue weighted by atomic mass is 16.5. The highest BCUT2D eigenvalue weighted by Crippen LogP contribution is 2.37. The smallest absolute Gasteiger partial charge is 0.269 e. The Morgan fingerprint density at radius 2 is 1.87 bits per heavy atom. The van der Waals surface area contributed by atoms with Crippen molar-refractivity contribution in [2.75, 3.05) is 18.6 Å². The molecule has 3 aromatic rings. The van der Waals surface area contributed by atoms with Crippen molar-refractivity contribution in [3.05, 3.63) is 77.1 Å². The Morgan fingerprint density at radius 1 is 1.13 bits per heavy atom. The summed E-state index contributed by atoms with van der Waals surface area (Å²) in [6, 6.07) is 17.1. The number of carbonyl (C=O) groups excluding carboxylic acids is 2. The average molecular weight is 416 g/mol. The van der Waals surface area contributed by atoms with Crippen LogP contribution in [0, 0.1) is 0 Å². The van der Waals surface area contributed by atoms with Gasteiger partial charge in [-0.2, -0.15) is 5.10 Å². The number of nitrogens with two attached hydrogens (primary N) is 1. The van der Waals surface area contributed by atoms with E-state index in [4.69, 9.17) is 10.5 Å². The minimum absolute atomic E-state index is 0.128. The van der Waals surface area contributed by atoms with Crippen molar-refractivity contribution in [2.45, 2.75) is 31.2 Å². The number of likely N-dealkylation sites (N-methyl/N-ethyl adjacent to an activating group) is 1. The van der Waals surface area contributed by atoms with Crippen LogP contribution in [0.1, 0.15) is 45.7 Å². The van der Waals surface area contributed by atoms with Crippen LogP contribution in [0.15, 0.2) is 54.6 Å². The number of nitrogens with zero attached hydrogens (tertiary/aromatic N) is 3. The molecule has 2 aromatic carbocycles. The van der Waals surface area contributed by atoms with Crippen molar-refractivity contribution in [3.8, 4) is 5.75 Å². The van der Waals surface area contributed by atoms with E-state index in [0.29, 0.717) is 12.2 Å². The number of hydrogen-bond donors (Lipinski definition) is 1. The molecule has 31 heavy (non-hydrogen) atoms. The van der Waals surface area contributed by atoms with E-state index in [-0.39, 0.29) is 24.1 Å². The van der Waals surface area contributed by atoms with Gasteiger partial charge < -0.3 is 15.4 Å². The first-order chi connectivity index (χ1) is 15.0. The molecule has 158 valence electrons. The third kappa shape index (κ3) is 3.26. The fourth-order valence-electron chi connectivity index (χ4n) is 4.72. The van der Waals surface area contributed by atoms with Crippen molar-refractivity contribution in [1.82, 2.24) is 9.78 Å². The number of anilines is 1. The van der Waals surface area contributed by atoms with Gasteiger partial charge in [0.15, 0.2) is 11.7 Å². The first-order valence-corrected chi connectivity index (χ1v) is 10.5. The molecule has 1 aliphatic heterocycles. The van der Waals surface area contributed by atoms with Gasteiger partial charge in [0.1, 0.15) is 12.4 Å². The molecule has 0 saturated heterocycles. The van der Waals surface area contributed by atoms with Crippen LogP contribution < -0.4 is 15.4 Å². The molecule has 5 rings (SSSR count). The molecule has 2 atom stereocenters. The third-order valence-electron chi connectivity index (χ3n) is 6.34. The standard InChI is InChI=1S/C24H24N4O3/c1-27-19-9-5-6-10-21(19)31-14-20(24(27)30)28-18-12-11-16(15-7-3-2-4-8-15)13-17(18)22(26-28)23(25)29/h2-10,16,20H,11-14H2,1H3,(H2,25,29)/t16?,20-/m0/s1. The molecule has 2 N–H and O–H groups in total. The van der Waals surface area contributed by atoms with Crippen molar-refractivity contribution in [3.63, 3.8) is 0 Å². The van der Waals surface area contributed by atoms with E-state index < -0.39 is 11.9 Å². The minimum atomic E-state index is -0.660. The van der Waals surface area contributed by atoms with E-state index in [1.165, 1.54) is 5.56 Å². The van der Waals surface area contributed by atoms with E-state index in [9.17, 15) is 9.59 Å². The van der Waals surface area contributed by atoms with Gasteiger partial charge in [-0.15, -0.1) is 0 Å². The lowest BCUT2D eigenvalue weighted by Crippen LogP contribution is -2.37. The van der Waals surface area contributed by atoms with Crippen molar-refractivity contribution < 1.29 is 14.3 Å². The Hall–Kier alpha value is -3.61. The SMILES string of the molecule is CN1C(=O)[C@@H](n2nc(C(N)=O)c3c2CCC(c2ccccc2)C3)COc2ccccc21. The number of primary amides is 1. The molecular formula is C24H24N4O3. The van der Waals surface area contributed by atoms with Gasteiger partial charge in [0.25, 0.3) is 11.8 Å². The topological polar surface area (TPSA) is 90.5 Å². The Morgan fingerprint density at radius 3 is 2.65 bits per heavy atom.